The third-order valence-corrected chi connectivity index (χ3v) is 4.80. The van der Waals surface area contributed by atoms with Crippen molar-refractivity contribution in [1.82, 2.24) is 14.9 Å². The highest BCUT2D eigenvalue weighted by Crippen LogP contribution is 2.39. The number of ketones is 1. The highest BCUT2D eigenvalue weighted by atomic mass is 16.5. The molecule has 138 valence electrons. The first-order valence-corrected chi connectivity index (χ1v) is 9.22. The van der Waals surface area contributed by atoms with Crippen LogP contribution in [0.4, 0.5) is 5.95 Å². The quantitative estimate of drug-likeness (QED) is 0.744. The van der Waals surface area contributed by atoms with E-state index in [1.54, 1.807) is 6.92 Å². The number of anilines is 1. The summed E-state index contributed by atoms with van der Waals surface area (Å²) in [6.45, 7) is 7.85. The van der Waals surface area contributed by atoms with E-state index < -0.39 is 6.10 Å². The minimum absolute atomic E-state index is 0.0508. The van der Waals surface area contributed by atoms with Crippen LogP contribution in [0, 0.1) is 0 Å². The Kier molecular flexibility index (Phi) is 5.98. The summed E-state index contributed by atoms with van der Waals surface area (Å²) in [5, 5.41) is 0. The van der Waals surface area contributed by atoms with Crippen molar-refractivity contribution in [2.45, 2.75) is 44.8 Å². The number of aromatic nitrogens is 2. The number of piperazine rings is 1. The molecule has 7 heteroatoms. The van der Waals surface area contributed by atoms with E-state index in [1.807, 2.05) is 19.3 Å². The van der Waals surface area contributed by atoms with Crippen molar-refractivity contribution >= 4 is 11.7 Å². The lowest BCUT2D eigenvalue weighted by atomic mass is 10.2. The molecule has 0 amide bonds. The van der Waals surface area contributed by atoms with Crippen LogP contribution in [-0.2, 0) is 9.53 Å². The zero-order valence-electron chi connectivity index (χ0n) is 15.2. The minimum atomic E-state index is -0.401. The second kappa shape index (κ2) is 8.21. The molecule has 2 N–H and O–H groups in total. The maximum atomic E-state index is 12.2. The molecule has 25 heavy (non-hydrogen) atoms. The molecule has 1 aliphatic carbocycles. The highest BCUT2D eigenvalue weighted by Gasteiger charge is 2.26. The van der Waals surface area contributed by atoms with Gasteiger partial charge in [-0.2, -0.15) is 0 Å². The topological polar surface area (TPSA) is 84.6 Å². The smallest absolute Gasteiger partial charge is 0.225 e. The zero-order valence-corrected chi connectivity index (χ0v) is 15.2. The van der Waals surface area contributed by atoms with Gasteiger partial charge in [0.25, 0.3) is 0 Å². The molecule has 1 saturated carbocycles. The Balaban J connectivity index is 1.42. The van der Waals surface area contributed by atoms with E-state index in [0.717, 1.165) is 32.1 Å². The van der Waals surface area contributed by atoms with Gasteiger partial charge in [0.15, 0.2) is 5.78 Å². The van der Waals surface area contributed by atoms with E-state index in [-0.39, 0.29) is 11.8 Å². The number of ether oxygens (including phenoxy) is 1. The molecule has 7 nitrogen and oxygen atoms in total. The number of hydrogen-bond acceptors (Lipinski definition) is 7. The lowest BCUT2D eigenvalue weighted by Gasteiger charge is -2.34. The van der Waals surface area contributed by atoms with Crippen LogP contribution in [0.1, 0.15) is 38.2 Å². The van der Waals surface area contributed by atoms with Gasteiger partial charge in [-0.05, 0) is 38.2 Å². The first-order chi connectivity index (χ1) is 12.0. The molecule has 2 aliphatic rings. The van der Waals surface area contributed by atoms with Gasteiger partial charge >= 0.3 is 0 Å². The van der Waals surface area contributed by atoms with Crippen LogP contribution in [0.3, 0.4) is 0 Å². The molecule has 2 fully saturated rings. The summed E-state index contributed by atoms with van der Waals surface area (Å²) < 4.78 is 5.50. The Morgan fingerprint density at radius 3 is 2.44 bits per heavy atom. The van der Waals surface area contributed by atoms with Gasteiger partial charge in [-0.25, -0.2) is 9.97 Å². The van der Waals surface area contributed by atoms with E-state index in [9.17, 15) is 4.79 Å². The fraction of sp³-hybridized carbons (Fsp3) is 0.722. The van der Waals surface area contributed by atoms with Crippen molar-refractivity contribution in [2.75, 3.05) is 44.2 Å². The summed E-state index contributed by atoms with van der Waals surface area (Å²) in [6.07, 6.45) is 6.06. The van der Waals surface area contributed by atoms with Gasteiger partial charge < -0.3 is 15.4 Å². The van der Waals surface area contributed by atoms with E-state index in [4.69, 9.17) is 10.5 Å². The van der Waals surface area contributed by atoms with Gasteiger partial charge in [-0.1, -0.05) is 0 Å². The second-order valence-corrected chi connectivity index (χ2v) is 7.27. The van der Waals surface area contributed by atoms with Crippen LogP contribution in [-0.4, -0.2) is 72.1 Å². The molecular formula is C18H29N5O2. The van der Waals surface area contributed by atoms with Gasteiger partial charge in [0.05, 0.1) is 13.2 Å². The Bertz CT molecular complexity index is 565. The van der Waals surface area contributed by atoms with Crippen molar-refractivity contribution in [3.63, 3.8) is 0 Å². The SMILES string of the molecule is CC(N)COC(C)C(=O)CN1CCN(c2ncc(C3CC3)cn2)CC1. The molecule has 2 atom stereocenters. The highest BCUT2D eigenvalue weighted by molar-refractivity contribution is 5.84. The summed E-state index contributed by atoms with van der Waals surface area (Å²) >= 11 is 0. The molecule has 2 unspecified atom stereocenters. The molecule has 1 aromatic heterocycles. The maximum Gasteiger partial charge on any atom is 0.225 e. The lowest BCUT2D eigenvalue weighted by Crippen LogP contribution is -2.49. The number of nitrogens with zero attached hydrogens (tertiary/aromatic N) is 4. The van der Waals surface area contributed by atoms with Crippen LogP contribution >= 0.6 is 0 Å². The zero-order chi connectivity index (χ0) is 17.8. The summed E-state index contributed by atoms with van der Waals surface area (Å²) in [5.74, 6) is 1.59. The lowest BCUT2D eigenvalue weighted by molar-refractivity contribution is -0.130. The minimum Gasteiger partial charge on any atom is -0.369 e. The number of carbonyl (C=O) groups is 1. The Labute approximate surface area is 149 Å². The van der Waals surface area contributed by atoms with E-state index in [2.05, 4.69) is 19.8 Å². The summed E-state index contributed by atoms with van der Waals surface area (Å²) in [7, 11) is 0. The molecule has 3 rings (SSSR count). The predicted molar refractivity (Wildman–Crippen MR) is 96.7 cm³/mol. The number of carbonyl (C=O) groups excluding carboxylic acids is 1. The third kappa shape index (κ3) is 5.20. The monoisotopic (exact) mass is 347 g/mol. The van der Waals surface area contributed by atoms with Crippen LogP contribution < -0.4 is 10.6 Å². The van der Waals surface area contributed by atoms with Crippen molar-refractivity contribution < 1.29 is 9.53 Å². The fourth-order valence-electron chi connectivity index (χ4n) is 2.97. The van der Waals surface area contributed by atoms with Gasteiger partial charge in [-0.15, -0.1) is 0 Å². The summed E-state index contributed by atoms with van der Waals surface area (Å²) in [6, 6.07) is -0.0508. The first-order valence-electron chi connectivity index (χ1n) is 9.22. The number of hydrogen-bond donors (Lipinski definition) is 1. The van der Waals surface area contributed by atoms with E-state index >= 15 is 0 Å². The van der Waals surface area contributed by atoms with Gasteiger partial charge in [0.2, 0.25) is 5.95 Å². The maximum absolute atomic E-state index is 12.2. The normalized spacial score (nSPS) is 21.2. The molecule has 1 saturated heterocycles. The van der Waals surface area contributed by atoms with Gasteiger partial charge in [0, 0.05) is 44.6 Å². The summed E-state index contributed by atoms with van der Waals surface area (Å²) in [5.41, 5.74) is 6.92. The van der Waals surface area contributed by atoms with Crippen molar-refractivity contribution in [1.29, 1.82) is 0 Å². The molecular weight excluding hydrogens is 318 g/mol. The average Bonchev–Trinajstić information content (AvgIpc) is 3.45. The molecule has 0 aromatic carbocycles. The molecule has 2 heterocycles. The number of nitrogens with two attached hydrogens (primary N) is 1. The van der Waals surface area contributed by atoms with Crippen LogP contribution in [0.2, 0.25) is 0 Å². The van der Waals surface area contributed by atoms with Crippen LogP contribution in [0.25, 0.3) is 0 Å². The molecule has 1 aliphatic heterocycles. The summed E-state index contributed by atoms with van der Waals surface area (Å²) in [4.78, 5) is 25.6. The Hall–Kier alpha value is -1.57. The largest absolute Gasteiger partial charge is 0.369 e. The molecule has 0 bridgehead atoms. The Morgan fingerprint density at radius 2 is 1.88 bits per heavy atom. The Morgan fingerprint density at radius 1 is 1.24 bits per heavy atom. The predicted octanol–water partition coefficient (Wildman–Crippen LogP) is 0.797. The average molecular weight is 347 g/mol. The standard InChI is InChI=1S/C18H29N5O2/c1-13(19)12-25-14(2)17(24)11-22-5-7-23(8-6-22)18-20-9-16(10-21-18)15-3-4-15/h9-10,13-15H,3-8,11-12,19H2,1-2H3. The third-order valence-electron chi connectivity index (χ3n) is 4.80. The van der Waals surface area contributed by atoms with Gasteiger partial charge in [0.1, 0.15) is 6.10 Å². The fourth-order valence-corrected chi connectivity index (χ4v) is 2.97. The van der Waals surface area contributed by atoms with Crippen molar-refractivity contribution in [3.8, 4) is 0 Å². The van der Waals surface area contributed by atoms with Gasteiger partial charge in [-0.3, -0.25) is 9.69 Å². The molecule has 0 radical (unpaired) electrons. The first kappa shape index (κ1) is 18.2. The van der Waals surface area contributed by atoms with Crippen molar-refractivity contribution in [2.24, 2.45) is 5.73 Å². The van der Waals surface area contributed by atoms with E-state index in [0.29, 0.717) is 19.1 Å². The number of Topliss-reactive ketones (excluding diaryl/α,β-unsaturated/α-hetero) is 1. The number of rotatable bonds is 8. The molecule has 0 spiro atoms. The van der Waals surface area contributed by atoms with E-state index in [1.165, 1.54) is 18.4 Å². The van der Waals surface area contributed by atoms with Crippen LogP contribution in [0.15, 0.2) is 12.4 Å². The second-order valence-electron chi connectivity index (χ2n) is 7.27. The van der Waals surface area contributed by atoms with Crippen LogP contribution in [0.5, 0.6) is 0 Å². The van der Waals surface area contributed by atoms with Crippen molar-refractivity contribution in [3.05, 3.63) is 18.0 Å². The molecule has 1 aromatic rings.